The summed E-state index contributed by atoms with van der Waals surface area (Å²) in [7, 11) is 0. The van der Waals surface area contributed by atoms with Crippen LogP contribution >= 0.6 is 15.9 Å². The summed E-state index contributed by atoms with van der Waals surface area (Å²) in [4.78, 5) is 10.7. The first-order valence-corrected chi connectivity index (χ1v) is 4.55. The van der Waals surface area contributed by atoms with Crippen molar-refractivity contribution in [1.82, 2.24) is 0 Å². The van der Waals surface area contributed by atoms with Gasteiger partial charge >= 0.3 is 0 Å². The predicted molar refractivity (Wildman–Crippen MR) is 48.8 cm³/mol. The van der Waals surface area contributed by atoms with Crippen molar-refractivity contribution in [2.24, 2.45) is 0 Å². The molecule has 0 bridgehead atoms. The molecule has 0 fully saturated rings. The monoisotopic (exact) mass is 266 g/mol. The molecule has 0 saturated heterocycles. The summed E-state index contributed by atoms with van der Waals surface area (Å²) in [5, 5.41) is 0. The van der Waals surface area contributed by atoms with E-state index < -0.39 is 24.4 Å². The lowest BCUT2D eigenvalue weighted by Crippen LogP contribution is -2.13. The molecule has 0 radical (unpaired) electrons. The van der Waals surface area contributed by atoms with E-state index in [-0.39, 0.29) is 0 Å². The van der Waals surface area contributed by atoms with Crippen molar-refractivity contribution in [3.63, 3.8) is 0 Å². The van der Waals surface area contributed by atoms with Gasteiger partial charge in [-0.15, -0.1) is 0 Å². The number of carbonyl (C=O) groups is 1. The number of Topliss-reactive ketones (excluding diaryl/α,β-unsaturated/α-hetero) is 1. The normalized spacial score (nSPS) is 10.6. The summed E-state index contributed by atoms with van der Waals surface area (Å²) in [6, 6.07) is 3.56. The molecule has 1 aromatic carbocycles. The number of alkyl halides is 2. The zero-order chi connectivity index (χ0) is 10.7. The van der Waals surface area contributed by atoms with Crippen LogP contribution in [0, 0.1) is 5.82 Å². The van der Waals surface area contributed by atoms with E-state index >= 15 is 0 Å². The molecule has 0 aliphatic heterocycles. The molecule has 0 aliphatic rings. The van der Waals surface area contributed by atoms with Crippen molar-refractivity contribution in [2.75, 3.05) is 0 Å². The highest BCUT2D eigenvalue weighted by atomic mass is 79.9. The zero-order valence-corrected chi connectivity index (χ0v) is 8.52. The summed E-state index contributed by atoms with van der Waals surface area (Å²) in [5.74, 6) is -1.65. The van der Waals surface area contributed by atoms with Crippen molar-refractivity contribution < 1.29 is 18.0 Å². The molecule has 14 heavy (non-hydrogen) atoms. The maximum absolute atomic E-state index is 12.6. The first-order chi connectivity index (χ1) is 6.50. The fraction of sp³-hybridized carbons (Fsp3) is 0.222. The SMILES string of the molecule is O=C(Cc1ccc(F)cc1Br)C(F)F. The Kier molecular flexibility index (Phi) is 3.69. The molecule has 1 aromatic rings. The largest absolute Gasteiger partial charge is 0.296 e. The van der Waals surface area contributed by atoms with Crippen LogP contribution in [0.2, 0.25) is 0 Å². The van der Waals surface area contributed by atoms with E-state index in [1.807, 2.05) is 0 Å². The maximum Gasteiger partial charge on any atom is 0.296 e. The van der Waals surface area contributed by atoms with Crippen LogP contribution in [0.15, 0.2) is 22.7 Å². The van der Waals surface area contributed by atoms with Gasteiger partial charge in [0.25, 0.3) is 6.43 Å². The molecule has 1 nitrogen and oxygen atoms in total. The molecule has 0 aromatic heterocycles. The Hall–Kier alpha value is -0.840. The second kappa shape index (κ2) is 4.59. The summed E-state index contributed by atoms with van der Waals surface area (Å²) >= 11 is 2.99. The third kappa shape index (κ3) is 2.83. The molecule has 5 heteroatoms. The Labute approximate surface area is 87.1 Å². The Bertz CT molecular complexity index is 352. The van der Waals surface area contributed by atoms with Crippen LogP contribution in [-0.4, -0.2) is 12.2 Å². The van der Waals surface area contributed by atoms with Gasteiger partial charge in [-0.2, -0.15) is 0 Å². The lowest BCUT2D eigenvalue weighted by atomic mass is 10.1. The highest BCUT2D eigenvalue weighted by molar-refractivity contribution is 9.10. The molecule has 0 saturated carbocycles. The summed E-state index contributed by atoms with van der Waals surface area (Å²) in [5.41, 5.74) is 0.358. The molecule has 1 rings (SSSR count). The fourth-order valence-electron chi connectivity index (χ4n) is 0.930. The Balaban J connectivity index is 2.82. The number of ketones is 1. The molecule has 0 atom stereocenters. The number of carbonyl (C=O) groups excluding carboxylic acids is 1. The highest BCUT2D eigenvalue weighted by Crippen LogP contribution is 2.19. The van der Waals surface area contributed by atoms with Gasteiger partial charge in [0.2, 0.25) is 5.78 Å². The topological polar surface area (TPSA) is 17.1 Å². The average Bonchev–Trinajstić information content (AvgIpc) is 2.09. The van der Waals surface area contributed by atoms with Crippen LogP contribution < -0.4 is 0 Å². The average molecular weight is 267 g/mol. The van der Waals surface area contributed by atoms with E-state index in [1.54, 1.807) is 0 Å². The van der Waals surface area contributed by atoms with Crippen molar-refractivity contribution in [3.05, 3.63) is 34.1 Å². The maximum atomic E-state index is 12.6. The molecule has 76 valence electrons. The minimum absolute atomic E-state index is 0.325. The van der Waals surface area contributed by atoms with Gasteiger partial charge < -0.3 is 0 Å². The Morgan fingerprint density at radius 3 is 2.57 bits per heavy atom. The van der Waals surface area contributed by atoms with Crippen molar-refractivity contribution in [3.8, 4) is 0 Å². The third-order valence-corrected chi connectivity index (χ3v) is 2.36. The molecule has 0 N–H and O–H groups in total. The van der Waals surface area contributed by atoms with Crippen LogP contribution in [0.4, 0.5) is 13.2 Å². The standard InChI is InChI=1S/C9H6BrF3O/c10-7-4-6(11)2-1-5(7)3-8(14)9(12)13/h1-2,4,9H,3H2. The Morgan fingerprint density at radius 2 is 2.07 bits per heavy atom. The van der Waals surface area contributed by atoms with E-state index in [2.05, 4.69) is 15.9 Å². The molecular weight excluding hydrogens is 261 g/mol. The van der Waals surface area contributed by atoms with E-state index in [4.69, 9.17) is 0 Å². The molecule has 0 aliphatic carbocycles. The smallest absolute Gasteiger partial charge is 0.293 e. The lowest BCUT2D eigenvalue weighted by Gasteiger charge is -2.03. The molecule has 0 unspecified atom stereocenters. The van der Waals surface area contributed by atoms with Crippen LogP contribution in [-0.2, 0) is 11.2 Å². The van der Waals surface area contributed by atoms with Crippen LogP contribution in [0.25, 0.3) is 0 Å². The Morgan fingerprint density at radius 1 is 1.43 bits per heavy atom. The van der Waals surface area contributed by atoms with Gasteiger partial charge in [-0.25, -0.2) is 13.2 Å². The van der Waals surface area contributed by atoms with E-state index in [1.165, 1.54) is 6.07 Å². The number of hydrogen-bond donors (Lipinski definition) is 0. The molecular formula is C9H6BrF3O. The van der Waals surface area contributed by atoms with E-state index in [0.29, 0.717) is 10.0 Å². The summed E-state index contributed by atoms with van der Waals surface area (Å²) < 4.78 is 36.7. The number of hydrogen-bond acceptors (Lipinski definition) is 1. The highest BCUT2D eigenvalue weighted by Gasteiger charge is 2.16. The van der Waals surface area contributed by atoms with E-state index in [0.717, 1.165) is 12.1 Å². The van der Waals surface area contributed by atoms with Crippen molar-refractivity contribution in [2.45, 2.75) is 12.8 Å². The van der Waals surface area contributed by atoms with Crippen molar-refractivity contribution >= 4 is 21.7 Å². The van der Waals surface area contributed by atoms with Gasteiger partial charge in [0.15, 0.2) is 0 Å². The first kappa shape index (κ1) is 11.2. The van der Waals surface area contributed by atoms with Gasteiger partial charge in [-0.1, -0.05) is 22.0 Å². The second-order valence-electron chi connectivity index (χ2n) is 2.68. The van der Waals surface area contributed by atoms with Crippen LogP contribution in [0.3, 0.4) is 0 Å². The second-order valence-corrected chi connectivity index (χ2v) is 3.53. The van der Waals surface area contributed by atoms with Gasteiger partial charge in [0, 0.05) is 10.9 Å². The molecule has 0 spiro atoms. The quantitative estimate of drug-likeness (QED) is 0.822. The zero-order valence-electron chi connectivity index (χ0n) is 6.94. The van der Waals surface area contributed by atoms with E-state index in [9.17, 15) is 18.0 Å². The van der Waals surface area contributed by atoms with Gasteiger partial charge in [-0.3, -0.25) is 4.79 Å². The minimum Gasteiger partial charge on any atom is -0.293 e. The number of benzene rings is 1. The first-order valence-electron chi connectivity index (χ1n) is 3.75. The number of rotatable bonds is 3. The van der Waals surface area contributed by atoms with Gasteiger partial charge in [-0.05, 0) is 17.7 Å². The fourth-order valence-corrected chi connectivity index (χ4v) is 1.42. The lowest BCUT2D eigenvalue weighted by molar-refractivity contribution is -0.128. The third-order valence-electron chi connectivity index (χ3n) is 1.62. The summed E-state index contributed by atoms with van der Waals surface area (Å²) in [6.07, 6.45) is -3.37. The predicted octanol–water partition coefficient (Wildman–Crippen LogP) is 2.96. The number of halogens is 4. The van der Waals surface area contributed by atoms with Crippen molar-refractivity contribution in [1.29, 1.82) is 0 Å². The van der Waals surface area contributed by atoms with Crippen LogP contribution in [0.1, 0.15) is 5.56 Å². The summed E-state index contributed by atoms with van der Waals surface area (Å²) in [6.45, 7) is 0. The molecule has 0 heterocycles. The van der Waals surface area contributed by atoms with Gasteiger partial charge in [0.1, 0.15) is 5.82 Å². The molecule has 0 amide bonds. The minimum atomic E-state index is -2.98. The van der Waals surface area contributed by atoms with Crippen LogP contribution in [0.5, 0.6) is 0 Å². The van der Waals surface area contributed by atoms with Gasteiger partial charge in [0.05, 0.1) is 0 Å².